The standard InChI is InChI=1S/C19H18N6/c20-18(21)15-8-4-7-14-13(15)9-10-16(14)24-25-11-17(23-19(25)22)12-5-2-1-3-6-12/h1-8,11H,9-10H2,(H3,20,21)(H2,22,23)/b24-16+. The Morgan fingerprint density at radius 3 is 2.64 bits per heavy atom. The average molecular weight is 330 g/mol. The van der Waals surface area contributed by atoms with Crippen molar-refractivity contribution < 1.29 is 0 Å². The second-order valence-electron chi connectivity index (χ2n) is 5.99. The van der Waals surface area contributed by atoms with Gasteiger partial charge in [0, 0.05) is 16.7 Å². The maximum atomic E-state index is 7.73. The van der Waals surface area contributed by atoms with E-state index >= 15 is 0 Å². The number of hydrogen-bond donors (Lipinski definition) is 3. The summed E-state index contributed by atoms with van der Waals surface area (Å²) in [5.41, 5.74) is 17.3. The Hall–Kier alpha value is -3.41. The maximum Gasteiger partial charge on any atom is 0.221 e. The lowest BCUT2D eigenvalue weighted by Gasteiger charge is -2.06. The summed E-state index contributed by atoms with van der Waals surface area (Å²) in [6, 6.07) is 15.7. The monoisotopic (exact) mass is 330 g/mol. The normalized spacial score (nSPS) is 14.6. The summed E-state index contributed by atoms with van der Waals surface area (Å²) >= 11 is 0. The topological polar surface area (TPSA) is 106 Å². The molecule has 4 rings (SSSR count). The number of nitrogens with zero attached hydrogens (tertiary/aromatic N) is 3. The molecule has 0 atom stereocenters. The number of benzene rings is 2. The first-order valence-electron chi connectivity index (χ1n) is 8.08. The van der Waals surface area contributed by atoms with Crippen LogP contribution >= 0.6 is 0 Å². The van der Waals surface area contributed by atoms with Crippen molar-refractivity contribution in [1.29, 1.82) is 5.41 Å². The van der Waals surface area contributed by atoms with Crippen LogP contribution in [0.3, 0.4) is 0 Å². The van der Waals surface area contributed by atoms with Crippen LogP contribution in [0.4, 0.5) is 5.95 Å². The van der Waals surface area contributed by atoms with E-state index in [0.717, 1.165) is 46.5 Å². The third-order valence-electron chi connectivity index (χ3n) is 4.40. The van der Waals surface area contributed by atoms with Gasteiger partial charge in [0.2, 0.25) is 5.95 Å². The zero-order valence-electron chi connectivity index (χ0n) is 13.6. The molecule has 0 bridgehead atoms. The van der Waals surface area contributed by atoms with E-state index in [0.29, 0.717) is 5.95 Å². The number of hydrogen-bond acceptors (Lipinski definition) is 4. The van der Waals surface area contributed by atoms with Crippen molar-refractivity contribution in [3.63, 3.8) is 0 Å². The summed E-state index contributed by atoms with van der Waals surface area (Å²) in [5, 5.41) is 12.4. The highest BCUT2D eigenvalue weighted by Gasteiger charge is 2.22. The second-order valence-corrected chi connectivity index (χ2v) is 5.99. The van der Waals surface area contributed by atoms with Gasteiger partial charge in [-0.25, -0.2) is 9.66 Å². The van der Waals surface area contributed by atoms with E-state index in [2.05, 4.69) is 10.1 Å². The smallest absolute Gasteiger partial charge is 0.221 e. The molecular weight excluding hydrogens is 312 g/mol. The predicted octanol–water partition coefficient (Wildman–Crippen LogP) is 2.61. The van der Waals surface area contributed by atoms with Crippen LogP contribution in [0.2, 0.25) is 0 Å². The molecule has 0 spiro atoms. The van der Waals surface area contributed by atoms with E-state index in [9.17, 15) is 0 Å². The number of fused-ring (bicyclic) bond motifs is 1. The maximum absolute atomic E-state index is 7.73. The molecule has 6 heteroatoms. The lowest BCUT2D eigenvalue weighted by molar-refractivity contribution is 0.883. The Kier molecular flexibility index (Phi) is 3.57. The Morgan fingerprint density at radius 2 is 1.88 bits per heavy atom. The van der Waals surface area contributed by atoms with Crippen molar-refractivity contribution >= 4 is 17.5 Å². The number of rotatable bonds is 3. The molecule has 1 aliphatic rings. The number of nitrogens with one attached hydrogen (secondary N) is 1. The van der Waals surface area contributed by atoms with Gasteiger partial charge in [-0.2, -0.15) is 5.10 Å². The van der Waals surface area contributed by atoms with Crippen molar-refractivity contribution in [3.05, 3.63) is 71.4 Å². The van der Waals surface area contributed by atoms with Gasteiger partial charge < -0.3 is 11.5 Å². The van der Waals surface area contributed by atoms with E-state index in [1.165, 1.54) is 0 Å². The molecule has 124 valence electrons. The summed E-state index contributed by atoms with van der Waals surface area (Å²) in [4.78, 5) is 4.40. The first-order chi connectivity index (χ1) is 12.1. The first kappa shape index (κ1) is 15.1. The fourth-order valence-electron chi connectivity index (χ4n) is 3.20. The van der Waals surface area contributed by atoms with Crippen molar-refractivity contribution in [3.8, 4) is 11.3 Å². The van der Waals surface area contributed by atoms with Crippen molar-refractivity contribution in [2.24, 2.45) is 10.8 Å². The summed E-state index contributed by atoms with van der Waals surface area (Å²) in [5.74, 6) is 0.439. The van der Waals surface area contributed by atoms with E-state index in [-0.39, 0.29) is 5.84 Å². The molecule has 1 aromatic heterocycles. The van der Waals surface area contributed by atoms with Gasteiger partial charge in [0.05, 0.1) is 17.6 Å². The van der Waals surface area contributed by atoms with Crippen LogP contribution < -0.4 is 11.5 Å². The minimum atomic E-state index is 0.0895. The minimum Gasteiger partial charge on any atom is -0.384 e. The molecule has 6 nitrogen and oxygen atoms in total. The van der Waals surface area contributed by atoms with Crippen molar-refractivity contribution in [2.45, 2.75) is 12.8 Å². The summed E-state index contributed by atoms with van der Waals surface area (Å²) in [6.45, 7) is 0. The van der Waals surface area contributed by atoms with Crippen LogP contribution in [0, 0.1) is 5.41 Å². The van der Waals surface area contributed by atoms with Crippen LogP contribution in [-0.4, -0.2) is 21.2 Å². The Bertz CT molecular complexity index is 984. The Balaban J connectivity index is 1.74. The summed E-state index contributed by atoms with van der Waals surface area (Å²) in [6.07, 6.45) is 3.45. The van der Waals surface area contributed by atoms with Crippen LogP contribution in [0.25, 0.3) is 11.3 Å². The number of amidine groups is 1. The molecule has 0 saturated heterocycles. The fourth-order valence-corrected chi connectivity index (χ4v) is 3.20. The highest BCUT2D eigenvalue weighted by atomic mass is 15.4. The summed E-state index contributed by atoms with van der Waals surface area (Å²) < 4.78 is 1.62. The quantitative estimate of drug-likeness (QED) is 0.507. The van der Waals surface area contributed by atoms with E-state index in [1.807, 2.05) is 54.7 Å². The van der Waals surface area contributed by atoms with Gasteiger partial charge in [0.25, 0.3) is 0 Å². The molecule has 1 heterocycles. The largest absolute Gasteiger partial charge is 0.384 e. The number of nitrogens with two attached hydrogens (primary N) is 2. The van der Waals surface area contributed by atoms with Gasteiger partial charge >= 0.3 is 0 Å². The van der Waals surface area contributed by atoms with Crippen LogP contribution in [-0.2, 0) is 6.42 Å². The molecule has 3 aromatic rings. The molecule has 0 radical (unpaired) electrons. The first-order valence-corrected chi connectivity index (χ1v) is 8.08. The van der Waals surface area contributed by atoms with Gasteiger partial charge in [0.15, 0.2) is 0 Å². The van der Waals surface area contributed by atoms with E-state index < -0.39 is 0 Å². The molecule has 2 aromatic carbocycles. The number of imidazole rings is 1. The highest BCUT2D eigenvalue weighted by molar-refractivity contribution is 6.08. The number of aromatic nitrogens is 2. The molecular formula is C19H18N6. The van der Waals surface area contributed by atoms with Gasteiger partial charge in [-0.05, 0) is 18.4 Å². The molecule has 0 amide bonds. The van der Waals surface area contributed by atoms with E-state index in [1.54, 1.807) is 4.68 Å². The van der Waals surface area contributed by atoms with Crippen LogP contribution in [0.1, 0.15) is 23.1 Å². The van der Waals surface area contributed by atoms with Crippen molar-refractivity contribution in [1.82, 2.24) is 9.66 Å². The zero-order chi connectivity index (χ0) is 17.4. The van der Waals surface area contributed by atoms with Crippen molar-refractivity contribution in [2.75, 3.05) is 5.73 Å². The van der Waals surface area contributed by atoms with Gasteiger partial charge in [-0.15, -0.1) is 0 Å². The summed E-state index contributed by atoms with van der Waals surface area (Å²) in [7, 11) is 0. The minimum absolute atomic E-state index is 0.0895. The van der Waals surface area contributed by atoms with E-state index in [4.69, 9.17) is 16.9 Å². The molecule has 0 aliphatic heterocycles. The third kappa shape index (κ3) is 2.67. The highest BCUT2D eigenvalue weighted by Crippen LogP contribution is 2.27. The van der Waals surface area contributed by atoms with Crippen LogP contribution in [0.15, 0.2) is 59.8 Å². The molecule has 0 unspecified atom stereocenters. The molecule has 25 heavy (non-hydrogen) atoms. The average Bonchev–Trinajstić information content (AvgIpc) is 3.20. The lowest BCUT2D eigenvalue weighted by Crippen LogP contribution is -2.13. The Labute approximate surface area is 145 Å². The van der Waals surface area contributed by atoms with Crippen LogP contribution in [0.5, 0.6) is 0 Å². The van der Waals surface area contributed by atoms with Gasteiger partial charge in [0.1, 0.15) is 5.84 Å². The Morgan fingerprint density at radius 1 is 1.08 bits per heavy atom. The SMILES string of the molecule is N=C(N)c1cccc2c1CC/C2=N\n1cc(-c2ccccc2)nc1N. The van der Waals surface area contributed by atoms with Gasteiger partial charge in [-0.3, -0.25) is 5.41 Å². The molecule has 0 saturated carbocycles. The number of nitrogen functional groups attached to an aromatic ring is 2. The zero-order valence-corrected chi connectivity index (χ0v) is 13.6. The fraction of sp³-hybridized carbons (Fsp3) is 0.105. The molecule has 0 fully saturated rings. The third-order valence-corrected chi connectivity index (χ3v) is 4.40. The molecule has 5 N–H and O–H groups in total. The van der Waals surface area contributed by atoms with Gasteiger partial charge in [-0.1, -0.05) is 48.5 Å². The second kappa shape index (κ2) is 5.90. The lowest BCUT2D eigenvalue weighted by atomic mass is 10.0. The molecule has 1 aliphatic carbocycles. The number of anilines is 1. The predicted molar refractivity (Wildman–Crippen MR) is 99.8 cm³/mol.